The normalized spacial score (nSPS) is 11.7. The molecule has 0 atom stereocenters. The van der Waals surface area contributed by atoms with Crippen LogP contribution in [0.2, 0.25) is 0 Å². The fourth-order valence-electron chi connectivity index (χ4n) is 4.44. The van der Waals surface area contributed by atoms with Crippen LogP contribution < -0.4 is 0 Å². The van der Waals surface area contributed by atoms with Gasteiger partial charge >= 0.3 is 0 Å². The predicted molar refractivity (Wildman–Crippen MR) is 150 cm³/mol. The minimum atomic E-state index is 0.808. The summed E-state index contributed by atoms with van der Waals surface area (Å²) in [5.41, 5.74) is 5.44. The first-order chi connectivity index (χ1) is 17.9. The maximum Gasteiger partial charge on any atom is 0.0812 e. The third-order valence-corrected chi connectivity index (χ3v) is 6.11. The molecule has 4 heteroatoms. The van der Waals surface area contributed by atoms with Gasteiger partial charge in [-0.05, 0) is 57.9 Å². The Balaban J connectivity index is 1.63. The summed E-state index contributed by atoms with van der Waals surface area (Å²) < 4.78 is 0. The van der Waals surface area contributed by atoms with Crippen LogP contribution >= 0.6 is 0 Å². The van der Waals surface area contributed by atoms with Gasteiger partial charge in [0.25, 0.3) is 0 Å². The quantitative estimate of drug-likeness (QED) is 0.244. The topological polar surface area (TPSA) is 50.5 Å². The smallest absolute Gasteiger partial charge is 0.0812 e. The number of hydrogen-bond donors (Lipinski definition) is 0. The Bertz CT molecular complexity index is 1590. The van der Waals surface area contributed by atoms with Crippen LogP contribution in [0.15, 0.2) is 132 Å². The lowest BCUT2D eigenvalue weighted by molar-refractivity contribution is 1.30. The molecule has 0 radical (unpaired) electrons. The van der Waals surface area contributed by atoms with Gasteiger partial charge in [0.1, 0.15) is 0 Å². The van der Waals surface area contributed by atoms with E-state index in [4.69, 9.17) is 9.98 Å². The van der Waals surface area contributed by atoms with Crippen LogP contribution in [0.5, 0.6) is 0 Å². The molecule has 4 nitrogen and oxygen atoms in total. The molecule has 0 saturated heterocycles. The monoisotopic (exact) mass is 462 g/mol. The SMILES string of the molecule is C(=N\c1ccc2ccccc2c1-c1c(/N=C/c2ccccn2)ccc2ccccc12)/c1ccccn1. The maximum absolute atomic E-state index is 4.92. The lowest BCUT2D eigenvalue weighted by atomic mass is 9.91. The third kappa shape index (κ3) is 4.28. The van der Waals surface area contributed by atoms with E-state index in [1.807, 2.05) is 48.8 Å². The van der Waals surface area contributed by atoms with Gasteiger partial charge < -0.3 is 0 Å². The minimum absolute atomic E-state index is 0.808. The van der Waals surface area contributed by atoms with E-state index in [9.17, 15) is 0 Å². The van der Waals surface area contributed by atoms with Crippen molar-refractivity contribution in [2.24, 2.45) is 9.98 Å². The van der Waals surface area contributed by atoms with E-state index in [0.717, 1.165) is 55.4 Å². The van der Waals surface area contributed by atoms with Crippen molar-refractivity contribution in [3.8, 4) is 11.1 Å². The zero-order chi connectivity index (χ0) is 24.2. The molecule has 0 aliphatic heterocycles. The highest BCUT2D eigenvalue weighted by Gasteiger charge is 2.16. The van der Waals surface area contributed by atoms with E-state index >= 15 is 0 Å². The van der Waals surface area contributed by atoms with Gasteiger partial charge in [-0.3, -0.25) is 20.0 Å². The highest BCUT2D eigenvalue weighted by Crippen LogP contribution is 2.45. The third-order valence-electron chi connectivity index (χ3n) is 6.11. The average molecular weight is 463 g/mol. The number of benzene rings is 4. The first-order valence-corrected chi connectivity index (χ1v) is 11.8. The number of fused-ring (bicyclic) bond motifs is 2. The molecular weight excluding hydrogens is 440 g/mol. The van der Waals surface area contributed by atoms with Gasteiger partial charge in [-0.15, -0.1) is 0 Å². The Morgan fingerprint density at radius 3 is 1.33 bits per heavy atom. The Morgan fingerprint density at radius 1 is 0.444 bits per heavy atom. The molecule has 0 saturated carbocycles. The second kappa shape index (κ2) is 9.72. The van der Waals surface area contributed by atoms with E-state index in [1.54, 1.807) is 12.4 Å². The summed E-state index contributed by atoms with van der Waals surface area (Å²) in [6, 6.07) is 36.8. The van der Waals surface area contributed by atoms with Crippen molar-refractivity contribution in [2.45, 2.75) is 0 Å². The van der Waals surface area contributed by atoms with Gasteiger partial charge in [0.15, 0.2) is 0 Å². The molecule has 6 rings (SSSR count). The lowest BCUT2D eigenvalue weighted by Crippen LogP contribution is -1.90. The zero-order valence-corrected chi connectivity index (χ0v) is 19.5. The first-order valence-electron chi connectivity index (χ1n) is 11.8. The molecule has 6 aromatic rings. The van der Waals surface area contributed by atoms with Gasteiger partial charge in [0.05, 0.1) is 35.2 Å². The molecule has 0 amide bonds. The second-order valence-corrected chi connectivity index (χ2v) is 8.39. The van der Waals surface area contributed by atoms with E-state index in [0.29, 0.717) is 0 Å². The van der Waals surface area contributed by atoms with Crippen LogP contribution in [0.4, 0.5) is 11.4 Å². The van der Waals surface area contributed by atoms with Gasteiger partial charge in [0.2, 0.25) is 0 Å². The Morgan fingerprint density at radius 2 is 0.889 bits per heavy atom. The average Bonchev–Trinajstić information content (AvgIpc) is 2.95. The molecule has 0 spiro atoms. The largest absolute Gasteiger partial charge is 0.255 e. The van der Waals surface area contributed by atoms with Crippen LogP contribution in [0, 0.1) is 0 Å². The highest BCUT2D eigenvalue weighted by atomic mass is 14.8. The molecule has 4 aromatic carbocycles. The molecule has 0 N–H and O–H groups in total. The van der Waals surface area contributed by atoms with Crippen molar-refractivity contribution < 1.29 is 0 Å². The second-order valence-electron chi connectivity index (χ2n) is 8.39. The van der Waals surface area contributed by atoms with E-state index in [1.165, 1.54) is 0 Å². The lowest BCUT2D eigenvalue weighted by Gasteiger charge is -2.16. The first kappa shape index (κ1) is 21.6. The zero-order valence-electron chi connectivity index (χ0n) is 19.5. The summed E-state index contributed by atoms with van der Waals surface area (Å²) in [4.78, 5) is 18.7. The number of rotatable bonds is 5. The number of pyridine rings is 2. The Hall–Kier alpha value is -4.96. The highest BCUT2D eigenvalue weighted by molar-refractivity contribution is 6.13. The molecule has 0 unspecified atom stereocenters. The van der Waals surface area contributed by atoms with E-state index < -0.39 is 0 Å². The van der Waals surface area contributed by atoms with Crippen molar-refractivity contribution in [1.82, 2.24) is 9.97 Å². The van der Waals surface area contributed by atoms with Crippen LogP contribution in [0.3, 0.4) is 0 Å². The van der Waals surface area contributed by atoms with Gasteiger partial charge in [-0.25, -0.2) is 0 Å². The standard InChI is InChI=1S/C32H22N4/c1-3-13-27-23(9-1)15-17-29(35-21-25-11-5-7-19-33-25)31(27)32-28-14-4-2-10-24(28)16-18-30(32)36-22-26-12-6-8-20-34-26/h1-22H/b35-21+,36-22+. The maximum atomic E-state index is 4.92. The van der Waals surface area contributed by atoms with Crippen LogP contribution in [-0.4, -0.2) is 22.4 Å². The fraction of sp³-hybridized carbons (Fsp3) is 0. The van der Waals surface area contributed by atoms with Crippen molar-refractivity contribution in [3.05, 3.63) is 133 Å². The van der Waals surface area contributed by atoms with E-state index in [-0.39, 0.29) is 0 Å². The number of aromatic nitrogens is 2. The van der Waals surface area contributed by atoms with Gasteiger partial charge in [-0.1, -0.05) is 72.8 Å². The number of aliphatic imine (C=N–C) groups is 2. The van der Waals surface area contributed by atoms with Gasteiger partial charge in [-0.2, -0.15) is 0 Å². The molecule has 170 valence electrons. The summed E-state index contributed by atoms with van der Waals surface area (Å²) in [6.45, 7) is 0. The Kier molecular flexibility index (Phi) is 5.83. The molecular formula is C32H22N4. The summed E-state index contributed by atoms with van der Waals surface area (Å²) in [5.74, 6) is 0. The molecule has 0 aliphatic rings. The molecule has 0 bridgehead atoms. The van der Waals surface area contributed by atoms with Crippen LogP contribution in [0.25, 0.3) is 32.7 Å². The van der Waals surface area contributed by atoms with Crippen molar-refractivity contribution in [1.29, 1.82) is 0 Å². The number of nitrogens with zero attached hydrogens (tertiary/aromatic N) is 4. The predicted octanol–water partition coefficient (Wildman–Crippen LogP) is 7.95. The van der Waals surface area contributed by atoms with Crippen LogP contribution in [0.1, 0.15) is 11.4 Å². The van der Waals surface area contributed by atoms with E-state index in [2.05, 4.69) is 82.8 Å². The molecule has 2 heterocycles. The van der Waals surface area contributed by atoms with Crippen molar-refractivity contribution in [3.63, 3.8) is 0 Å². The molecule has 2 aromatic heterocycles. The molecule has 0 aliphatic carbocycles. The van der Waals surface area contributed by atoms with Crippen molar-refractivity contribution >= 4 is 45.3 Å². The fourth-order valence-corrected chi connectivity index (χ4v) is 4.44. The summed E-state index contributed by atoms with van der Waals surface area (Å²) in [5, 5.41) is 4.55. The Labute approximate surface area is 209 Å². The number of hydrogen-bond acceptors (Lipinski definition) is 4. The van der Waals surface area contributed by atoms with Crippen LogP contribution in [-0.2, 0) is 0 Å². The minimum Gasteiger partial charge on any atom is -0.255 e. The van der Waals surface area contributed by atoms with Crippen molar-refractivity contribution in [2.75, 3.05) is 0 Å². The summed E-state index contributed by atoms with van der Waals surface area (Å²) >= 11 is 0. The summed E-state index contributed by atoms with van der Waals surface area (Å²) in [7, 11) is 0. The molecule has 0 fully saturated rings. The summed E-state index contributed by atoms with van der Waals surface area (Å²) in [6.07, 6.45) is 7.18. The molecule has 36 heavy (non-hydrogen) atoms. The van der Waals surface area contributed by atoms with Gasteiger partial charge in [0, 0.05) is 23.5 Å².